The molecule has 17 nitrogen and oxygen atoms in total. The van der Waals surface area contributed by atoms with Gasteiger partial charge in [0.1, 0.15) is 30.3 Å². The van der Waals surface area contributed by atoms with Crippen LogP contribution in [0.15, 0.2) is 46.7 Å². The number of nitrogens with zero attached hydrogens (tertiary/aromatic N) is 7. The van der Waals surface area contributed by atoms with Crippen molar-refractivity contribution < 1.29 is 42.2 Å². The Labute approximate surface area is 382 Å². The molecule has 0 bridgehead atoms. The smallest absolute Gasteiger partial charge is 0.266 e. The van der Waals surface area contributed by atoms with E-state index in [1.54, 1.807) is 47.3 Å². The number of fused-ring (bicyclic) bond motifs is 2. The number of ether oxygens (including phenoxy) is 2. The molecule has 0 spiro atoms. The predicted molar refractivity (Wildman–Crippen MR) is 240 cm³/mol. The van der Waals surface area contributed by atoms with E-state index in [1.165, 1.54) is 0 Å². The maximum absolute atomic E-state index is 14.6. The summed E-state index contributed by atoms with van der Waals surface area (Å²) in [4.78, 5) is 73.0. The Morgan fingerprint density at radius 2 is 1.79 bits per heavy atom. The number of aryl methyl sites for hydroxylation is 1. The van der Waals surface area contributed by atoms with Crippen LogP contribution in [0.25, 0.3) is 0 Å². The zero-order chi connectivity index (χ0) is 46.2. The second kappa shape index (κ2) is 19.2. The van der Waals surface area contributed by atoms with Crippen LogP contribution in [0.4, 0.5) is 14.5 Å². The Balaban J connectivity index is 0.789. The Kier molecular flexibility index (Phi) is 13.2. The van der Waals surface area contributed by atoms with Crippen LogP contribution >= 0.6 is 0 Å². The third-order valence-electron chi connectivity index (χ3n) is 14.1. The summed E-state index contributed by atoms with van der Waals surface area (Å²) in [6, 6.07) is 7.42. The predicted octanol–water partition coefficient (Wildman–Crippen LogP) is 3.11. The van der Waals surface area contributed by atoms with Gasteiger partial charge in [0.15, 0.2) is 0 Å². The summed E-state index contributed by atoms with van der Waals surface area (Å²) in [5.74, 6) is -2.08. The van der Waals surface area contributed by atoms with E-state index in [1.807, 2.05) is 18.0 Å². The summed E-state index contributed by atoms with van der Waals surface area (Å²) in [7, 11) is 1.83. The van der Waals surface area contributed by atoms with Crippen LogP contribution in [-0.4, -0.2) is 170 Å². The fourth-order valence-corrected chi connectivity index (χ4v) is 10.4. The highest BCUT2D eigenvalue weighted by Gasteiger charge is 2.46. The second-order valence-electron chi connectivity index (χ2n) is 18.4. The normalized spacial score (nSPS) is 24.3. The molecule has 3 fully saturated rings. The summed E-state index contributed by atoms with van der Waals surface area (Å²) >= 11 is 0. The molecule has 3 saturated heterocycles. The van der Waals surface area contributed by atoms with E-state index >= 15 is 0 Å². The molecule has 0 aliphatic carbocycles. The van der Waals surface area contributed by atoms with Gasteiger partial charge in [-0.25, -0.2) is 8.78 Å². The van der Waals surface area contributed by atoms with Gasteiger partial charge in [-0.2, -0.15) is 5.10 Å². The second-order valence-corrected chi connectivity index (χ2v) is 18.4. The monoisotopic (exact) mass is 912 g/mol. The van der Waals surface area contributed by atoms with Crippen LogP contribution in [-0.2, 0) is 25.5 Å². The molecule has 0 aromatic heterocycles. The van der Waals surface area contributed by atoms with Crippen molar-refractivity contribution in [3.8, 4) is 5.75 Å². The van der Waals surface area contributed by atoms with Crippen molar-refractivity contribution in [2.45, 2.75) is 82.4 Å². The fraction of sp³-hybridized carbons (Fsp3) is 0.553. The van der Waals surface area contributed by atoms with Gasteiger partial charge in [-0.15, -0.1) is 0 Å². The molecule has 19 heteroatoms. The largest absolute Gasteiger partial charge is 0.490 e. The molecule has 3 atom stereocenters. The molecule has 0 saturated carbocycles. The molecule has 352 valence electrons. The number of carbonyl (C=O) groups is 5. The van der Waals surface area contributed by atoms with Crippen LogP contribution in [0.5, 0.6) is 5.75 Å². The number of amides is 5. The standard InChI is InChI=1S/C47H58F2N10O7/c1-28(60)57-16-12-37(36(26-57)44(50)58-13-4-5-29-21-34(30-23-51-54(2)24-30)35(43(48)49)22-39(29)58)52-31-10-14-55(15-11-31)17-18-56-19-20-65-32(25-56)27-66-40-7-3-6-33-42(40)47(64)59(46(33)63)38-8-9-41(61)53-45(38)62/h3,6-7,21-23,30-32,38,43,50,52H,4-5,8-20,24-27H2,1-2H3,(H,53,61,62). The number of halogens is 2. The lowest BCUT2D eigenvalue weighted by atomic mass is 9.89. The van der Waals surface area contributed by atoms with Crippen molar-refractivity contribution in [3.05, 3.63) is 69.4 Å². The van der Waals surface area contributed by atoms with E-state index < -0.39 is 36.1 Å². The number of alkyl halides is 2. The highest BCUT2D eigenvalue weighted by Crippen LogP contribution is 2.39. The van der Waals surface area contributed by atoms with Gasteiger partial charge in [0.25, 0.3) is 18.2 Å². The van der Waals surface area contributed by atoms with E-state index in [9.17, 15) is 38.2 Å². The number of carbonyl (C=O) groups excluding carboxylic acids is 5. The first kappa shape index (κ1) is 45.4. The third-order valence-corrected chi connectivity index (χ3v) is 14.1. The van der Waals surface area contributed by atoms with E-state index in [2.05, 4.69) is 25.5 Å². The van der Waals surface area contributed by atoms with E-state index in [-0.39, 0.29) is 78.2 Å². The maximum Gasteiger partial charge on any atom is 0.266 e. The summed E-state index contributed by atoms with van der Waals surface area (Å²) in [6.45, 7) is 8.98. The van der Waals surface area contributed by atoms with Crippen molar-refractivity contribution in [2.24, 2.45) is 5.10 Å². The number of amidine groups is 1. The number of piperidine rings is 2. The first-order valence-corrected chi connectivity index (χ1v) is 23.2. The number of likely N-dealkylation sites (N-methyl/N-ethyl adjacent to an activating group) is 1. The van der Waals surface area contributed by atoms with Crippen LogP contribution < -0.4 is 20.3 Å². The highest BCUT2D eigenvalue weighted by atomic mass is 19.3. The number of morpholine rings is 1. The first-order valence-electron chi connectivity index (χ1n) is 23.2. The first-order chi connectivity index (χ1) is 31.8. The van der Waals surface area contributed by atoms with Gasteiger partial charge in [0, 0.05) is 126 Å². The summed E-state index contributed by atoms with van der Waals surface area (Å²) < 4.78 is 41.5. The van der Waals surface area contributed by atoms with Crippen molar-refractivity contribution >= 4 is 47.3 Å². The SMILES string of the molecule is CC(=O)N1CCC(NC2CCN(CCN3CCOC(COc4cccc5c4C(=O)N(C4CCC(=O)NC4=O)C5=O)C3)CC2)=C(C(=N)N2CCCc3cc(C4C=NN(C)C4)c(C(F)F)cc32)C1. The topological polar surface area (TPSA) is 184 Å². The van der Waals surface area contributed by atoms with Gasteiger partial charge in [-0.1, -0.05) is 12.1 Å². The van der Waals surface area contributed by atoms with Gasteiger partial charge < -0.3 is 29.5 Å². The molecule has 2 aromatic carbocycles. The molecule has 66 heavy (non-hydrogen) atoms. The van der Waals surface area contributed by atoms with Crippen molar-refractivity contribution in [1.82, 2.24) is 35.2 Å². The van der Waals surface area contributed by atoms with Gasteiger partial charge in [-0.05, 0) is 61.4 Å². The molecule has 7 aliphatic rings. The molecule has 2 aromatic rings. The molecule has 0 radical (unpaired) electrons. The number of nitrogens with one attached hydrogen (secondary N) is 3. The number of rotatable bonds is 12. The third kappa shape index (κ3) is 9.29. The van der Waals surface area contributed by atoms with Gasteiger partial charge in [0.2, 0.25) is 17.7 Å². The summed E-state index contributed by atoms with van der Waals surface area (Å²) in [6.07, 6.45) is 2.80. The lowest BCUT2D eigenvalue weighted by Crippen LogP contribution is -2.54. The van der Waals surface area contributed by atoms with Gasteiger partial charge >= 0.3 is 0 Å². The Morgan fingerprint density at radius 3 is 2.53 bits per heavy atom. The molecular weight excluding hydrogens is 855 g/mol. The Hall–Kier alpha value is -5.79. The van der Waals surface area contributed by atoms with E-state index in [0.717, 1.165) is 80.1 Å². The van der Waals surface area contributed by atoms with Crippen molar-refractivity contribution in [3.63, 3.8) is 0 Å². The van der Waals surface area contributed by atoms with E-state index in [4.69, 9.17) is 9.47 Å². The average Bonchev–Trinajstić information content (AvgIpc) is 3.86. The zero-order valence-electron chi connectivity index (χ0n) is 37.5. The lowest BCUT2D eigenvalue weighted by molar-refractivity contribution is -0.136. The van der Waals surface area contributed by atoms with Crippen molar-refractivity contribution in [2.75, 3.05) is 90.6 Å². The molecule has 3 N–H and O–H groups in total. The Bertz CT molecular complexity index is 2350. The number of likely N-dealkylation sites (tertiary alicyclic amines) is 1. The number of anilines is 1. The minimum atomic E-state index is -2.67. The zero-order valence-corrected chi connectivity index (χ0v) is 37.5. The average molecular weight is 913 g/mol. The van der Waals surface area contributed by atoms with E-state index in [0.29, 0.717) is 50.5 Å². The number of imide groups is 2. The minimum absolute atomic E-state index is 0.0252. The highest BCUT2D eigenvalue weighted by molar-refractivity contribution is 6.24. The molecule has 5 amide bonds. The molecule has 7 heterocycles. The van der Waals surface area contributed by atoms with Crippen LogP contribution in [0.2, 0.25) is 0 Å². The van der Waals surface area contributed by atoms with Crippen molar-refractivity contribution in [1.29, 1.82) is 5.41 Å². The van der Waals surface area contributed by atoms with Gasteiger partial charge in [-0.3, -0.25) is 49.5 Å². The molecular formula is C47H58F2N10O7. The Morgan fingerprint density at radius 1 is 0.985 bits per heavy atom. The maximum atomic E-state index is 14.6. The molecule has 9 rings (SSSR count). The fourth-order valence-electron chi connectivity index (χ4n) is 10.4. The number of benzene rings is 2. The molecule has 3 unspecified atom stereocenters. The van der Waals surface area contributed by atoms with Gasteiger partial charge in [0.05, 0.1) is 24.3 Å². The summed E-state index contributed by atoms with van der Waals surface area (Å²) in [5, 5.41) is 21.6. The summed E-state index contributed by atoms with van der Waals surface area (Å²) in [5.41, 5.74) is 4.11. The van der Waals surface area contributed by atoms with Crippen LogP contribution in [0.3, 0.4) is 0 Å². The quantitative estimate of drug-likeness (QED) is 0.161. The molecule has 7 aliphatic heterocycles. The number of hydrogen-bond acceptors (Lipinski definition) is 13. The number of hydrazone groups is 1. The minimum Gasteiger partial charge on any atom is -0.490 e. The number of hydrogen-bond donors (Lipinski definition) is 3. The van der Waals surface area contributed by atoms with Crippen LogP contribution in [0.1, 0.15) is 95.2 Å². The van der Waals surface area contributed by atoms with Crippen LogP contribution in [0, 0.1) is 5.41 Å². The lowest BCUT2D eigenvalue weighted by Gasteiger charge is -2.39.